The maximum atomic E-state index is 14.6. The first kappa shape index (κ1) is 23.0. The molecule has 34 heavy (non-hydrogen) atoms. The van der Waals surface area contributed by atoms with Gasteiger partial charge in [-0.05, 0) is 42.5 Å². The second kappa shape index (κ2) is 10.6. The molecule has 4 aromatic rings. The molecule has 0 bridgehead atoms. The number of fused-ring (bicyclic) bond motifs is 1. The zero-order chi connectivity index (χ0) is 23.9. The van der Waals surface area contributed by atoms with E-state index in [1.165, 1.54) is 19.5 Å². The predicted octanol–water partition coefficient (Wildman–Crippen LogP) is 4.25. The highest BCUT2D eigenvalue weighted by Gasteiger charge is 2.16. The zero-order valence-electron chi connectivity index (χ0n) is 18.9. The maximum absolute atomic E-state index is 14.6. The first-order chi connectivity index (χ1) is 16.6. The molecule has 0 aliphatic heterocycles. The Kier molecular flexibility index (Phi) is 7.20. The molecular weight excluding hydrogens is 437 g/mol. The summed E-state index contributed by atoms with van der Waals surface area (Å²) in [4.78, 5) is 8.62. The van der Waals surface area contributed by atoms with Crippen LogP contribution in [0.2, 0.25) is 0 Å². The normalized spacial score (nSPS) is 10.8. The number of ether oxygens (including phenoxy) is 3. The van der Waals surface area contributed by atoms with Gasteiger partial charge < -0.3 is 24.1 Å². The van der Waals surface area contributed by atoms with E-state index in [9.17, 15) is 9.65 Å². The highest BCUT2D eigenvalue weighted by molar-refractivity contribution is 5.88. The van der Waals surface area contributed by atoms with Crippen LogP contribution in [0.3, 0.4) is 0 Å². The lowest BCUT2D eigenvalue weighted by molar-refractivity contribution is 0.146. The van der Waals surface area contributed by atoms with E-state index >= 15 is 0 Å². The van der Waals surface area contributed by atoms with Gasteiger partial charge in [-0.1, -0.05) is 0 Å². The lowest BCUT2D eigenvalue weighted by Crippen LogP contribution is -2.13. The number of rotatable bonds is 10. The third kappa shape index (κ3) is 4.92. The highest BCUT2D eigenvalue weighted by Crippen LogP contribution is 2.31. The van der Waals surface area contributed by atoms with Crippen molar-refractivity contribution in [2.45, 2.75) is 6.54 Å². The monoisotopic (exact) mass is 461 g/mol. The van der Waals surface area contributed by atoms with Gasteiger partial charge in [0, 0.05) is 37.2 Å². The molecular formula is C25H24FN5O3. The standard InChI is InChI=1S/C25H24FN5O3/c1-32-11-12-34-19-5-3-17(4-6-19)22-14-24(30-16-29-22)28-9-10-31-18(15-27)13-20-23(33-2)8-7-21(26)25(20)31/h3-8,13-14,16H,9-12H2,1-2H3,(H,28,29,30). The van der Waals surface area contributed by atoms with Crippen LogP contribution >= 0.6 is 0 Å². The molecule has 8 nitrogen and oxygen atoms in total. The summed E-state index contributed by atoms with van der Waals surface area (Å²) in [6, 6.07) is 16.1. The molecule has 2 aromatic carbocycles. The molecule has 0 saturated heterocycles. The van der Waals surface area contributed by atoms with Crippen LogP contribution in [0.25, 0.3) is 22.2 Å². The fraction of sp³-hybridized carbons (Fsp3) is 0.240. The molecule has 9 heteroatoms. The second-order valence-corrected chi connectivity index (χ2v) is 7.39. The van der Waals surface area contributed by atoms with Crippen LogP contribution in [-0.2, 0) is 11.3 Å². The third-order valence-corrected chi connectivity index (χ3v) is 5.32. The topological polar surface area (TPSA) is 94.2 Å². The third-order valence-electron chi connectivity index (χ3n) is 5.32. The van der Waals surface area contributed by atoms with Crippen LogP contribution in [0, 0.1) is 17.1 Å². The maximum Gasteiger partial charge on any atom is 0.147 e. The van der Waals surface area contributed by atoms with Crippen molar-refractivity contribution in [1.29, 1.82) is 5.26 Å². The van der Waals surface area contributed by atoms with E-state index < -0.39 is 5.82 Å². The summed E-state index contributed by atoms with van der Waals surface area (Å²) >= 11 is 0. The number of methoxy groups -OCH3 is 2. The van der Waals surface area contributed by atoms with Gasteiger partial charge in [-0.2, -0.15) is 5.26 Å². The predicted molar refractivity (Wildman–Crippen MR) is 126 cm³/mol. The Morgan fingerprint density at radius 2 is 1.88 bits per heavy atom. The van der Waals surface area contributed by atoms with Gasteiger partial charge in [0.05, 0.1) is 24.9 Å². The van der Waals surface area contributed by atoms with Gasteiger partial charge in [0.1, 0.15) is 47.8 Å². The summed E-state index contributed by atoms with van der Waals surface area (Å²) in [7, 11) is 3.15. The van der Waals surface area contributed by atoms with Crippen molar-refractivity contribution in [2.24, 2.45) is 0 Å². The van der Waals surface area contributed by atoms with E-state index in [2.05, 4.69) is 21.4 Å². The van der Waals surface area contributed by atoms with E-state index in [1.54, 1.807) is 23.8 Å². The number of aromatic nitrogens is 3. The molecule has 0 spiro atoms. The van der Waals surface area contributed by atoms with Gasteiger partial charge >= 0.3 is 0 Å². The summed E-state index contributed by atoms with van der Waals surface area (Å²) in [6.07, 6.45) is 1.48. The second-order valence-electron chi connectivity index (χ2n) is 7.39. The van der Waals surface area contributed by atoms with Gasteiger partial charge in [-0.25, -0.2) is 14.4 Å². The molecule has 0 amide bonds. The van der Waals surface area contributed by atoms with Crippen molar-refractivity contribution < 1.29 is 18.6 Å². The van der Waals surface area contributed by atoms with Crippen LogP contribution in [0.1, 0.15) is 5.69 Å². The molecule has 2 aromatic heterocycles. The summed E-state index contributed by atoms with van der Waals surface area (Å²) in [5.74, 6) is 1.49. The SMILES string of the molecule is COCCOc1ccc(-c2cc(NCCn3c(C#N)cc4c(OC)ccc(F)c43)ncn2)cc1. The molecule has 0 fully saturated rings. The van der Waals surface area contributed by atoms with Gasteiger partial charge in [-0.15, -0.1) is 0 Å². The smallest absolute Gasteiger partial charge is 0.147 e. The number of halogens is 1. The molecule has 1 N–H and O–H groups in total. The van der Waals surface area contributed by atoms with Crippen LogP contribution in [0.15, 0.2) is 54.9 Å². The fourth-order valence-electron chi connectivity index (χ4n) is 3.69. The number of nitrogens with one attached hydrogen (secondary N) is 1. The summed E-state index contributed by atoms with van der Waals surface area (Å²) in [5, 5.41) is 13.3. The molecule has 0 radical (unpaired) electrons. The molecule has 0 atom stereocenters. The zero-order valence-corrected chi connectivity index (χ0v) is 18.9. The summed E-state index contributed by atoms with van der Waals surface area (Å²) in [6.45, 7) is 1.80. The molecule has 174 valence electrons. The molecule has 4 rings (SSSR count). The van der Waals surface area contributed by atoms with Crippen LogP contribution in [0.4, 0.5) is 10.2 Å². The van der Waals surface area contributed by atoms with Crippen LogP contribution in [0.5, 0.6) is 11.5 Å². The Bertz CT molecular complexity index is 1310. The van der Waals surface area contributed by atoms with E-state index in [4.69, 9.17) is 14.2 Å². The van der Waals surface area contributed by atoms with Crippen LogP contribution < -0.4 is 14.8 Å². The van der Waals surface area contributed by atoms with Crippen molar-refractivity contribution in [1.82, 2.24) is 14.5 Å². The van der Waals surface area contributed by atoms with Crippen molar-refractivity contribution in [3.63, 3.8) is 0 Å². The number of benzene rings is 2. The number of hydrogen-bond donors (Lipinski definition) is 1. The van der Waals surface area contributed by atoms with E-state index in [0.717, 1.165) is 17.0 Å². The van der Waals surface area contributed by atoms with E-state index in [-0.39, 0.29) is 0 Å². The highest BCUT2D eigenvalue weighted by atomic mass is 19.1. The number of hydrogen-bond acceptors (Lipinski definition) is 7. The molecule has 0 aliphatic rings. The lowest BCUT2D eigenvalue weighted by Gasteiger charge is -2.11. The Hall–Kier alpha value is -4.16. The quantitative estimate of drug-likeness (QED) is 0.353. The minimum Gasteiger partial charge on any atom is -0.496 e. The number of nitrogens with zero attached hydrogens (tertiary/aromatic N) is 4. The molecule has 0 aliphatic carbocycles. The van der Waals surface area contributed by atoms with Gasteiger partial charge in [0.15, 0.2) is 0 Å². The lowest BCUT2D eigenvalue weighted by atomic mass is 10.1. The van der Waals surface area contributed by atoms with E-state index in [0.29, 0.717) is 54.5 Å². The average Bonchev–Trinajstić information content (AvgIpc) is 3.24. The van der Waals surface area contributed by atoms with Gasteiger partial charge in [-0.3, -0.25) is 0 Å². The first-order valence-electron chi connectivity index (χ1n) is 10.7. The number of anilines is 1. The molecule has 2 heterocycles. The fourth-order valence-corrected chi connectivity index (χ4v) is 3.69. The first-order valence-corrected chi connectivity index (χ1v) is 10.7. The van der Waals surface area contributed by atoms with Crippen molar-refractivity contribution in [3.8, 4) is 28.8 Å². The minimum absolute atomic E-state index is 0.342. The van der Waals surface area contributed by atoms with Crippen LogP contribution in [-0.4, -0.2) is 48.5 Å². The van der Waals surface area contributed by atoms with Gasteiger partial charge in [0.2, 0.25) is 0 Å². The van der Waals surface area contributed by atoms with Gasteiger partial charge in [0.25, 0.3) is 0 Å². The minimum atomic E-state index is -0.406. The number of nitriles is 1. The Morgan fingerprint density at radius 1 is 1.06 bits per heavy atom. The molecule has 0 unspecified atom stereocenters. The Balaban J connectivity index is 1.46. The average molecular weight is 461 g/mol. The van der Waals surface area contributed by atoms with Crippen molar-refractivity contribution in [3.05, 3.63) is 66.4 Å². The summed E-state index contributed by atoms with van der Waals surface area (Å²) < 4.78 is 32.1. The Morgan fingerprint density at radius 3 is 2.62 bits per heavy atom. The Labute approximate surface area is 196 Å². The largest absolute Gasteiger partial charge is 0.496 e. The van der Waals surface area contributed by atoms with E-state index in [1.807, 2.05) is 30.3 Å². The van der Waals surface area contributed by atoms with Crippen molar-refractivity contribution >= 4 is 16.7 Å². The van der Waals surface area contributed by atoms with Crippen molar-refractivity contribution in [2.75, 3.05) is 39.3 Å². The summed E-state index contributed by atoms with van der Waals surface area (Å²) in [5.41, 5.74) is 2.37. The molecule has 0 saturated carbocycles.